The minimum atomic E-state index is -2.86. The molecule has 106 valence electrons. The van der Waals surface area contributed by atoms with Crippen molar-refractivity contribution in [2.75, 3.05) is 25.1 Å². The van der Waals surface area contributed by atoms with Crippen LogP contribution in [0.2, 0.25) is 0 Å². The topological polar surface area (TPSA) is 76.3 Å². The quantitative estimate of drug-likeness (QED) is 0.866. The van der Waals surface area contributed by atoms with Gasteiger partial charge in [0.15, 0.2) is 0 Å². The first-order chi connectivity index (χ1) is 8.97. The van der Waals surface area contributed by atoms with Crippen LogP contribution in [-0.2, 0) is 16.4 Å². The van der Waals surface area contributed by atoms with E-state index in [1.807, 2.05) is 19.2 Å². The number of nitrogens with two attached hydrogens (primary N) is 1. The highest BCUT2D eigenvalue weighted by atomic mass is 32.2. The van der Waals surface area contributed by atoms with Crippen LogP contribution in [0.5, 0.6) is 0 Å². The summed E-state index contributed by atoms with van der Waals surface area (Å²) in [5.74, 6) is 0.482. The maximum atomic E-state index is 11.6. The lowest BCUT2D eigenvalue weighted by Crippen LogP contribution is -2.55. The molecular formula is C13H21N3O2S. The number of likely N-dealkylation sites (N-methyl/N-ethyl adjacent to an activating group) is 1. The lowest BCUT2D eigenvalue weighted by Gasteiger charge is -2.43. The average molecular weight is 283 g/mol. The summed E-state index contributed by atoms with van der Waals surface area (Å²) in [5.41, 5.74) is 6.90. The minimum absolute atomic E-state index is 0.200. The van der Waals surface area contributed by atoms with E-state index in [2.05, 4.69) is 9.88 Å². The summed E-state index contributed by atoms with van der Waals surface area (Å²) in [7, 11) is -0.843. The van der Waals surface area contributed by atoms with Crippen molar-refractivity contribution in [1.29, 1.82) is 0 Å². The average Bonchev–Trinajstić information content (AvgIpc) is 2.40. The van der Waals surface area contributed by atoms with Gasteiger partial charge in [-0.25, -0.2) is 8.42 Å². The summed E-state index contributed by atoms with van der Waals surface area (Å²) in [6.45, 7) is 1.25. The summed E-state index contributed by atoms with van der Waals surface area (Å²) >= 11 is 0. The SMILES string of the molecule is CN(Cc1ccncc1)C1(CN)CCS(=O)(=O)CC1. The van der Waals surface area contributed by atoms with Crippen LogP contribution in [0.3, 0.4) is 0 Å². The molecule has 0 spiro atoms. The van der Waals surface area contributed by atoms with E-state index in [9.17, 15) is 8.42 Å². The van der Waals surface area contributed by atoms with Gasteiger partial charge in [0.05, 0.1) is 11.5 Å². The van der Waals surface area contributed by atoms with Crippen molar-refractivity contribution in [1.82, 2.24) is 9.88 Å². The van der Waals surface area contributed by atoms with E-state index in [-0.39, 0.29) is 17.0 Å². The monoisotopic (exact) mass is 283 g/mol. The van der Waals surface area contributed by atoms with Crippen molar-refractivity contribution in [2.45, 2.75) is 24.9 Å². The highest BCUT2D eigenvalue weighted by molar-refractivity contribution is 7.91. The molecule has 0 radical (unpaired) electrons. The minimum Gasteiger partial charge on any atom is -0.329 e. The summed E-state index contributed by atoms with van der Waals surface area (Å²) < 4.78 is 23.1. The highest BCUT2D eigenvalue weighted by Crippen LogP contribution is 2.29. The second-order valence-electron chi connectivity index (χ2n) is 5.29. The van der Waals surface area contributed by atoms with Crippen LogP contribution in [0.1, 0.15) is 18.4 Å². The van der Waals surface area contributed by atoms with E-state index >= 15 is 0 Å². The maximum Gasteiger partial charge on any atom is 0.150 e. The van der Waals surface area contributed by atoms with Gasteiger partial charge in [0.2, 0.25) is 0 Å². The number of sulfone groups is 1. The van der Waals surface area contributed by atoms with Crippen molar-refractivity contribution in [3.8, 4) is 0 Å². The predicted molar refractivity (Wildman–Crippen MR) is 75.4 cm³/mol. The predicted octanol–water partition coefficient (Wildman–Crippen LogP) is 0.419. The van der Waals surface area contributed by atoms with Gasteiger partial charge in [-0.1, -0.05) is 0 Å². The van der Waals surface area contributed by atoms with Gasteiger partial charge in [-0.15, -0.1) is 0 Å². The third-order valence-corrected chi connectivity index (χ3v) is 5.77. The third-order valence-electron chi connectivity index (χ3n) is 4.12. The zero-order valence-electron chi connectivity index (χ0n) is 11.2. The van der Waals surface area contributed by atoms with E-state index < -0.39 is 9.84 Å². The summed E-state index contributed by atoms with van der Waals surface area (Å²) in [6.07, 6.45) is 4.77. The van der Waals surface area contributed by atoms with Crippen molar-refractivity contribution >= 4 is 9.84 Å². The van der Waals surface area contributed by atoms with E-state index in [4.69, 9.17) is 5.73 Å². The molecule has 5 nitrogen and oxygen atoms in total. The van der Waals surface area contributed by atoms with Gasteiger partial charge in [0.25, 0.3) is 0 Å². The number of rotatable bonds is 4. The second-order valence-corrected chi connectivity index (χ2v) is 7.60. The molecular weight excluding hydrogens is 262 g/mol. The molecule has 0 amide bonds. The smallest absolute Gasteiger partial charge is 0.150 e. The Labute approximate surface area is 114 Å². The van der Waals surface area contributed by atoms with Gasteiger partial charge in [-0.2, -0.15) is 0 Å². The van der Waals surface area contributed by atoms with Crippen LogP contribution in [-0.4, -0.2) is 48.9 Å². The molecule has 1 aliphatic heterocycles. The van der Waals surface area contributed by atoms with E-state index in [1.165, 1.54) is 5.56 Å². The third kappa shape index (κ3) is 3.32. The molecule has 19 heavy (non-hydrogen) atoms. The molecule has 0 aliphatic carbocycles. The van der Waals surface area contributed by atoms with Crippen LogP contribution in [0, 0.1) is 0 Å². The van der Waals surface area contributed by atoms with E-state index in [0.29, 0.717) is 19.4 Å². The largest absolute Gasteiger partial charge is 0.329 e. The standard InChI is InChI=1S/C13H21N3O2S/c1-16(10-12-2-6-15-7-3-12)13(11-14)4-8-19(17,18)9-5-13/h2-3,6-7H,4-5,8-11,14H2,1H3. The normalized spacial score (nSPS) is 21.4. The summed E-state index contributed by atoms with van der Waals surface area (Å²) in [4.78, 5) is 6.19. The molecule has 1 saturated heterocycles. The van der Waals surface area contributed by atoms with Gasteiger partial charge < -0.3 is 5.73 Å². The molecule has 2 rings (SSSR count). The molecule has 1 fully saturated rings. The number of nitrogens with zero attached hydrogens (tertiary/aromatic N) is 2. The zero-order valence-corrected chi connectivity index (χ0v) is 12.1. The van der Waals surface area contributed by atoms with Gasteiger partial charge in [-0.3, -0.25) is 9.88 Å². The Balaban J connectivity index is 2.09. The fourth-order valence-corrected chi connectivity index (χ4v) is 4.18. The Morgan fingerprint density at radius 1 is 1.32 bits per heavy atom. The van der Waals surface area contributed by atoms with E-state index in [1.54, 1.807) is 12.4 Å². The molecule has 6 heteroatoms. The fraction of sp³-hybridized carbons (Fsp3) is 0.615. The number of pyridine rings is 1. The van der Waals surface area contributed by atoms with Crippen molar-refractivity contribution < 1.29 is 8.42 Å². The lowest BCUT2D eigenvalue weighted by atomic mass is 9.90. The Hall–Kier alpha value is -0.980. The lowest BCUT2D eigenvalue weighted by molar-refractivity contribution is 0.105. The molecule has 0 aromatic carbocycles. The molecule has 0 bridgehead atoms. The van der Waals surface area contributed by atoms with Crippen LogP contribution in [0.4, 0.5) is 0 Å². The Bertz CT molecular complexity index is 502. The van der Waals surface area contributed by atoms with Crippen LogP contribution < -0.4 is 5.73 Å². The molecule has 0 saturated carbocycles. The molecule has 2 heterocycles. The Morgan fingerprint density at radius 2 is 1.89 bits per heavy atom. The van der Waals surface area contributed by atoms with Crippen molar-refractivity contribution in [2.24, 2.45) is 5.73 Å². The van der Waals surface area contributed by atoms with Crippen LogP contribution >= 0.6 is 0 Å². The fourth-order valence-electron chi connectivity index (χ4n) is 2.59. The maximum absolute atomic E-state index is 11.6. The Kier molecular flexibility index (Phi) is 4.23. The summed E-state index contributed by atoms with van der Waals surface area (Å²) in [6, 6.07) is 3.95. The van der Waals surface area contributed by atoms with Gasteiger partial charge in [0, 0.05) is 31.0 Å². The van der Waals surface area contributed by atoms with Gasteiger partial charge >= 0.3 is 0 Å². The first kappa shape index (κ1) is 14.4. The van der Waals surface area contributed by atoms with Crippen molar-refractivity contribution in [3.05, 3.63) is 30.1 Å². The molecule has 0 unspecified atom stereocenters. The van der Waals surface area contributed by atoms with E-state index in [0.717, 1.165) is 6.54 Å². The molecule has 0 atom stereocenters. The number of hydrogen-bond acceptors (Lipinski definition) is 5. The van der Waals surface area contributed by atoms with Gasteiger partial charge in [0.1, 0.15) is 9.84 Å². The van der Waals surface area contributed by atoms with Crippen molar-refractivity contribution in [3.63, 3.8) is 0 Å². The van der Waals surface area contributed by atoms with Crippen LogP contribution in [0.25, 0.3) is 0 Å². The van der Waals surface area contributed by atoms with Gasteiger partial charge in [-0.05, 0) is 37.6 Å². The summed E-state index contributed by atoms with van der Waals surface area (Å²) in [5, 5.41) is 0. The number of aromatic nitrogens is 1. The molecule has 1 aromatic heterocycles. The van der Waals surface area contributed by atoms with Crippen LogP contribution in [0.15, 0.2) is 24.5 Å². The second kappa shape index (κ2) is 5.56. The molecule has 1 aliphatic rings. The number of hydrogen-bond donors (Lipinski definition) is 1. The first-order valence-electron chi connectivity index (χ1n) is 6.48. The highest BCUT2D eigenvalue weighted by Gasteiger charge is 2.39. The Morgan fingerprint density at radius 3 is 2.42 bits per heavy atom. The molecule has 1 aromatic rings. The zero-order chi connectivity index (χ0) is 13.9. The first-order valence-corrected chi connectivity index (χ1v) is 8.30. The molecule has 2 N–H and O–H groups in total.